The minimum absolute atomic E-state index is 0.398. The van der Waals surface area contributed by atoms with E-state index in [0.717, 1.165) is 0 Å². The summed E-state index contributed by atoms with van der Waals surface area (Å²) in [7, 11) is 0. The maximum atomic E-state index is 14.6. The largest absolute Gasteiger partial charge is 0.494 e. The Kier molecular flexibility index (Phi) is 8.14. The third-order valence-electron chi connectivity index (χ3n) is 9.96. The highest BCUT2D eigenvalue weighted by atomic mass is 35.5. The highest BCUT2D eigenvalue weighted by molar-refractivity contribution is 6.31. The van der Waals surface area contributed by atoms with Gasteiger partial charge in [0, 0.05) is 10.0 Å². The number of carbonyl (C=O) groups excluding carboxylic acids is 4. The summed E-state index contributed by atoms with van der Waals surface area (Å²) < 4.78 is 11.2. The lowest BCUT2D eigenvalue weighted by Gasteiger charge is -2.35. The highest BCUT2D eigenvalue weighted by Crippen LogP contribution is 2.60. The molecule has 4 aromatic rings. The number of hydrazine groups is 1. The Bertz CT molecular complexity index is 1840. The number of hydrogen-bond acceptors (Lipinski definition) is 8. The van der Waals surface area contributed by atoms with Crippen LogP contribution in [0.4, 0.5) is 11.4 Å². The van der Waals surface area contributed by atoms with Gasteiger partial charge in [0.05, 0.1) is 48.5 Å². The minimum Gasteiger partial charge on any atom is -0.494 e. The lowest BCUT2D eigenvalue weighted by molar-refractivity contribution is -0.136. The Morgan fingerprint density at radius 1 is 0.480 bits per heavy atom. The Balaban J connectivity index is 1.28. The molecule has 4 fully saturated rings. The fourth-order valence-electron chi connectivity index (χ4n) is 8.04. The van der Waals surface area contributed by atoms with E-state index in [1.165, 1.54) is 9.80 Å². The molecule has 4 aliphatic rings. The molecule has 12 heteroatoms. The molecule has 4 aliphatic heterocycles. The van der Waals surface area contributed by atoms with Gasteiger partial charge < -0.3 is 9.47 Å². The van der Waals surface area contributed by atoms with Crippen LogP contribution < -0.4 is 19.3 Å². The lowest BCUT2D eigenvalue weighted by atomic mass is 9.84. The van der Waals surface area contributed by atoms with E-state index in [9.17, 15) is 19.2 Å². The van der Waals surface area contributed by atoms with Gasteiger partial charge in [-0.2, -0.15) is 0 Å². The van der Waals surface area contributed by atoms with Crippen molar-refractivity contribution in [2.75, 3.05) is 23.0 Å². The summed E-state index contributed by atoms with van der Waals surface area (Å²) >= 11 is 12.6. The Morgan fingerprint density at radius 2 is 0.820 bits per heavy atom. The van der Waals surface area contributed by atoms with Crippen LogP contribution in [0.5, 0.6) is 11.5 Å². The average Bonchev–Trinajstić information content (AvgIpc) is 3.78. The predicted molar refractivity (Wildman–Crippen MR) is 187 cm³/mol. The molecule has 10 nitrogen and oxygen atoms in total. The SMILES string of the molecule is CCOc1ccc(N2C(=O)[C@@H]3[C@@H](C2=O)N2[C@H](c4ccc(Cl)cc4)[C@@H]4C(=O)N(c5ccc(OCC)cc5)C(=O)[C@@H]4N2[C@@H]3c2ccc(Cl)cc2)cc1. The molecule has 0 N–H and O–H groups in total. The first-order valence-corrected chi connectivity index (χ1v) is 17.3. The first kappa shape index (κ1) is 32.5. The number of ether oxygens (including phenoxy) is 2. The smallest absolute Gasteiger partial charge is 0.253 e. The van der Waals surface area contributed by atoms with Crippen molar-refractivity contribution < 1.29 is 28.7 Å². The molecule has 4 saturated heterocycles. The Labute approximate surface area is 298 Å². The van der Waals surface area contributed by atoms with Gasteiger partial charge in [0.25, 0.3) is 11.8 Å². The molecule has 0 spiro atoms. The van der Waals surface area contributed by atoms with Gasteiger partial charge in [-0.15, -0.1) is 0 Å². The third kappa shape index (κ3) is 4.92. The van der Waals surface area contributed by atoms with Gasteiger partial charge in [-0.25, -0.2) is 19.8 Å². The number of imide groups is 2. The van der Waals surface area contributed by atoms with Crippen LogP contribution >= 0.6 is 23.2 Å². The summed E-state index contributed by atoms with van der Waals surface area (Å²) in [5, 5.41) is 4.64. The van der Waals surface area contributed by atoms with E-state index < -0.39 is 59.6 Å². The molecule has 4 heterocycles. The van der Waals surface area contributed by atoms with Crippen molar-refractivity contribution in [1.82, 2.24) is 10.0 Å². The highest BCUT2D eigenvalue weighted by Gasteiger charge is 2.73. The van der Waals surface area contributed by atoms with Gasteiger partial charge in [0.2, 0.25) is 11.8 Å². The van der Waals surface area contributed by atoms with Crippen LogP contribution in [-0.4, -0.2) is 58.9 Å². The van der Waals surface area contributed by atoms with Crippen LogP contribution in [0.1, 0.15) is 37.1 Å². The maximum Gasteiger partial charge on any atom is 0.253 e. The molecule has 0 aromatic heterocycles. The summed E-state index contributed by atoms with van der Waals surface area (Å²) in [5.41, 5.74) is 2.21. The van der Waals surface area contributed by atoms with Crippen LogP contribution in [0.2, 0.25) is 10.0 Å². The fraction of sp³-hybridized carbons (Fsp3) is 0.263. The number of fused-ring (bicyclic) bond motifs is 5. The molecule has 0 bridgehead atoms. The van der Waals surface area contributed by atoms with E-state index in [-0.39, 0.29) is 0 Å². The van der Waals surface area contributed by atoms with Crippen LogP contribution in [-0.2, 0) is 19.2 Å². The van der Waals surface area contributed by atoms with Gasteiger partial charge >= 0.3 is 0 Å². The Hall–Kier alpha value is -4.74. The minimum atomic E-state index is -0.999. The van der Waals surface area contributed by atoms with Crippen LogP contribution in [0, 0.1) is 11.8 Å². The molecule has 0 radical (unpaired) electrons. The molecule has 8 rings (SSSR count). The van der Waals surface area contributed by atoms with Crippen LogP contribution in [0.3, 0.4) is 0 Å². The zero-order valence-corrected chi connectivity index (χ0v) is 28.6. The summed E-state index contributed by atoms with van der Waals surface area (Å²) in [5.74, 6) is -2.23. The second-order valence-electron chi connectivity index (χ2n) is 12.6. The summed E-state index contributed by atoms with van der Waals surface area (Å²) in [4.78, 5) is 60.9. The lowest BCUT2D eigenvalue weighted by Crippen LogP contribution is -2.50. The molecule has 0 saturated carbocycles. The molecule has 6 atom stereocenters. The van der Waals surface area contributed by atoms with Crippen molar-refractivity contribution in [3.63, 3.8) is 0 Å². The number of rotatable bonds is 8. The number of hydrogen-bond donors (Lipinski definition) is 0. The van der Waals surface area contributed by atoms with Gasteiger partial charge in [0.15, 0.2) is 0 Å². The summed E-state index contributed by atoms with van der Waals surface area (Å²) in [6.07, 6.45) is 0. The second-order valence-corrected chi connectivity index (χ2v) is 13.4. The van der Waals surface area contributed by atoms with Crippen molar-refractivity contribution in [3.8, 4) is 11.5 Å². The zero-order valence-electron chi connectivity index (χ0n) is 27.1. The van der Waals surface area contributed by atoms with Crippen LogP contribution in [0.15, 0.2) is 97.1 Å². The number of benzene rings is 4. The molecule has 254 valence electrons. The van der Waals surface area contributed by atoms with Gasteiger partial charge in [-0.1, -0.05) is 47.5 Å². The summed E-state index contributed by atoms with van der Waals surface area (Å²) in [6.45, 7) is 4.70. The number of halogens is 2. The summed E-state index contributed by atoms with van der Waals surface area (Å²) in [6, 6.07) is 24.2. The number of carbonyl (C=O) groups is 4. The van der Waals surface area contributed by atoms with Crippen molar-refractivity contribution in [2.24, 2.45) is 11.8 Å². The molecular weight excluding hydrogens is 679 g/mol. The molecule has 4 amide bonds. The second kappa shape index (κ2) is 12.5. The number of anilines is 2. The molecule has 4 aromatic carbocycles. The average molecular weight is 712 g/mol. The topological polar surface area (TPSA) is 99.7 Å². The van der Waals surface area contributed by atoms with E-state index in [0.29, 0.717) is 57.3 Å². The van der Waals surface area contributed by atoms with E-state index in [2.05, 4.69) is 0 Å². The molecule has 0 aliphatic carbocycles. The van der Waals surface area contributed by atoms with E-state index in [4.69, 9.17) is 32.7 Å². The van der Waals surface area contributed by atoms with Crippen molar-refractivity contribution >= 4 is 58.2 Å². The normalized spacial score (nSPS) is 26.1. The maximum absolute atomic E-state index is 14.6. The number of amides is 4. The molecule has 50 heavy (non-hydrogen) atoms. The first-order chi connectivity index (χ1) is 24.2. The van der Waals surface area contributed by atoms with Gasteiger partial charge in [0.1, 0.15) is 23.6 Å². The molecule has 0 unspecified atom stereocenters. The standard InChI is InChI=1S/C38H32Cl2N4O6/c1-3-49-27-17-13-25(14-18-27)41-35(45)29-31(21-5-9-23(39)10-6-21)44-34-30(32(43(44)33(29)37(41)47)22-7-11-24(40)12-8-22)36(46)42(38(34)48)26-15-19-28(20-16-26)50-4-2/h5-20,29-34H,3-4H2,1-2H3/t29-,30-,31+,32+,33-,34+/m0/s1. The zero-order chi connectivity index (χ0) is 34.8. The van der Waals surface area contributed by atoms with Gasteiger partial charge in [-0.05, 0) is 97.8 Å². The molecular formula is C38H32Cl2N4O6. The Morgan fingerprint density at radius 3 is 1.14 bits per heavy atom. The van der Waals surface area contributed by atoms with Crippen molar-refractivity contribution in [2.45, 2.75) is 38.0 Å². The third-order valence-corrected chi connectivity index (χ3v) is 10.5. The van der Waals surface area contributed by atoms with Crippen molar-refractivity contribution in [3.05, 3.63) is 118 Å². The van der Waals surface area contributed by atoms with Crippen LogP contribution in [0.25, 0.3) is 0 Å². The van der Waals surface area contributed by atoms with E-state index in [1.807, 2.05) is 23.9 Å². The van der Waals surface area contributed by atoms with E-state index in [1.54, 1.807) is 97.1 Å². The van der Waals surface area contributed by atoms with E-state index >= 15 is 0 Å². The van der Waals surface area contributed by atoms with Gasteiger partial charge in [-0.3, -0.25) is 19.2 Å². The number of nitrogens with zero attached hydrogens (tertiary/aromatic N) is 4. The quantitative estimate of drug-likeness (QED) is 0.198. The predicted octanol–water partition coefficient (Wildman–Crippen LogP) is 6.24. The first-order valence-electron chi connectivity index (χ1n) is 16.5. The van der Waals surface area contributed by atoms with Crippen molar-refractivity contribution in [1.29, 1.82) is 0 Å². The monoisotopic (exact) mass is 710 g/mol. The fourth-order valence-corrected chi connectivity index (χ4v) is 8.29.